The molecule has 0 unspecified atom stereocenters. The monoisotopic (exact) mass is 335 g/mol. The molecular weight excluding hydrogens is 310 g/mol. The van der Waals surface area contributed by atoms with Crippen LogP contribution in [0.4, 0.5) is 0 Å². The minimum atomic E-state index is -0.0682. The third kappa shape index (κ3) is 6.57. The van der Waals surface area contributed by atoms with E-state index in [-0.39, 0.29) is 18.0 Å². The quantitative estimate of drug-likeness (QED) is 0.567. The van der Waals surface area contributed by atoms with Crippen molar-refractivity contribution in [3.63, 3.8) is 0 Å². The van der Waals surface area contributed by atoms with Gasteiger partial charge in [0.25, 0.3) is 0 Å². The van der Waals surface area contributed by atoms with Crippen LogP contribution in [0.3, 0.4) is 0 Å². The van der Waals surface area contributed by atoms with Crippen molar-refractivity contribution < 1.29 is 19.1 Å². The van der Waals surface area contributed by atoms with Crippen LogP contribution in [0.15, 0.2) is 24.3 Å². The van der Waals surface area contributed by atoms with Crippen LogP contribution in [0.1, 0.15) is 33.6 Å². The number of hydrogen-bond donors (Lipinski definition) is 2. The van der Waals surface area contributed by atoms with Gasteiger partial charge in [-0.1, -0.05) is 18.2 Å². The maximum Gasteiger partial charge on any atom is 0.222 e. The van der Waals surface area contributed by atoms with Gasteiger partial charge in [-0.15, -0.1) is 0 Å². The van der Waals surface area contributed by atoms with Crippen LogP contribution in [0.25, 0.3) is 0 Å². The maximum absolute atomic E-state index is 11.6. The zero-order chi connectivity index (χ0) is 17.9. The lowest BCUT2D eigenvalue weighted by molar-refractivity contribution is -0.130. The molecule has 1 saturated heterocycles. The fourth-order valence-corrected chi connectivity index (χ4v) is 2.29. The SMILES string of the molecule is COCCCC(=O)N1C[C@@H](N)[C@H](N)C1.O=Cc1cccc(C=O)c1. The first-order chi connectivity index (χ1) is 11.5. The summed E-state index contributed by atoms with van der Waals surface area (Å²) in [5.74, 6) is 0.130. The highest BCUT2D eigenvalue weighted by Gasteiger charge is 2.29. The average Bonchev–Trinajstić information content (AvgIpc) is 2.94. The first-order valence-corrected chi connectivity index (χ1v) is 7.80. The molecular formula is C17H25N3O4. The molecule has 0 saturated carbocycles. The topological polar surface area (TPSA) is 116 Å². The number of nitrogens with two attached hydrogens (primary N) is 2. The molecule has 0 radical (unpaired) electrons. The Morgan fingerprint density at radius 1 is 1.21 bits per heavy atom. The second-order valence-corrected chi connectivity index (χ2v) is 5.63. The van der Waals surface area contributed by atoms with Gasteiger partial charge in [0.15, 0.2) is 0 Å². The molecule has 1 heterocycles. The van der Waals surface area contributed by atoms with E-state index < -0.39 is 0 Å². The molecule has 0 bridgehead atoms. The van der Waals surface area contributed by atoms with E-state index in [4.69, 9.17) is 16.2 Å². The van der Waals surface area contributed by atoms with Gasteiger partial charge in [-0.3, -0.25) is 14.4 Å². The van der Waals surface area contributed by atoms with Gasteiger partial charge < -0.3 is 21.1 Å². The standard InChI is InChI=1S/C9H19N3O2.C8H6O2/c1-14-4-2-3-9(13)12-5-7(10)8(11)6-12;9-5-7-2-1-3-8(4-7)6-10/h7-8H,2-6,10-11H2,1H3;1-6H/t7-,8-;/m1./s1. The molecule has 1 aliphatic heterocycles. The molecule has 7 nitrogen and oxygen atoms in total. The molecule has 0 spiro atoms. The van der Waals surface area contributed by atoms with Crippen LogP contribution < -0.4 is 11.5 Å². The molecule has 1 aliphatic rings. The minimum absolute atomic E-state index is 0.0682. The Labute approximate surface area is 141 Å². The molecule has 7 heteroatoms. The number of aldehydes is 2. The Kier molecular flexibility index (Phi) is 8.85. The van der Waals surface area contributed by atoms with Gasteiger partial charge in [0.2, 0.25) is 5.91 Å². The summed E-state index contributed by atoms with van der Waals surface area (Å²) in [4.78, 5) is 33.6. The first kappa shape index (κ1) is 20.0. The van der Waals surface area contributed by atoms with Crippen molar-refractivity contribution in [3.05, 3.63) is 35.4 Å². The maximum atomic E-state index is 11.6. The van der Waals surface area contributed by atoms with E-state index in [1.165, 1.54) is 0 Å². The molecule has 0 aromatic heterocycles. The van der Waals surface area contributed by atoms with E-state index in [0.29, 0.717) is 49.8 Å². The summed E-state index contributed by atoms with van der Waals surface area (Å²) in [6, 6.07) is 6.38. The molecule has 1 fully saturated rings. The van der Waals surface area contributed by atoms with Gasteiger partial charge in [-0.05, 0) is 12.5 Å². The van der Waals surface area contributed by atoms with Crippen molar-refractivity contribution >= 4 is 18.5 Å². The molecule has 1 aromatic rings. The Morgan fingerprint density at radius 2 is 1.75 bits per heavy atom. The number of nitrogens with zero attached hydrogens (tertiary/aromatic N) is 1. The second-order valence-electron chi connectivity index (χ2n) is 5.63. The third-order valence-electron chi connectivity index (χ3n) is 3.69. The number of likely N-dealkylation sites (tertiary alicyclic amines) is 1. The lowest BCUT2D eigenvalue weighted by Crippen LogP contribution is -2.39. The summed E-state index contributed by atoms with van der Waals surface area (Å²) in [6.45, 7) is 1.80. The van der Waals surface area contributed by atoms with Gasteiger partial charge in [-0.25, -0.2) is 0 Å². The highest BCUT2D eigenvalue weighted by atomic mass is 16.5. The van der Waals surface area contributed by atoms with Crippen LogP contribution in [0.5, 0.6) is 0 Å². The van der Waals surface area contributed by atoms with E-state index in [9.17, 15) is 14.4 Å². The Hall–Kier alpha value is -2.09. The summed E-state index contributed by atoms with van der Waals surface area (Å²) < 4.78 is 4.88. The lowest BCUT2D eigenvalue weighted by atomic mass is 10.2. The van der Waals surface area contributed by atoms with Crippen molar-refractivity contribution in [2.75, 3.05) is 26.8 Å². The van der Waals surface area contributed by atoms with E-state index in [1.54, 1.807) is 36.3 Å². The number of carbonyl (C=O) groups is 3. The van der Waals surface area contributed by atoms with E-state index in [0.717, 1.165) is 6.42 Å². The number of hydrogen-bond acceptors (Lipinski definition) is 6. The number of methoxy groups -OCH3 is 1. The largest absolute Gasteiger partial charge is 0.385 e. The van der Waals surface area contributed by atoms with E-state index in [2.05, 4.69) is 0 Å². The summed E-state index contributed by atoms with van der Waals surface area (Å²) >= 11 is 0. The van der Waals surface area contributed by atoms with E-state index >= 15 is 0 Å². The Morgan fingerprint density at radius 3 is 2.21 bits per heavy atom. The van der Waals surface area contributed by atoms with Gasteiger partial charge in [0.1, 0.15) is 12.6 Å². The summed E-state index contributed by atoms with van der Waals surface area (Å²) in [5, 5.41) is 0. The number of benzene rings is 1. The molecule has 2 rings (SSSR count). The zero-order valence-corrected chi connectivity index (χ0v) is 13.9. The zero-order valence-electron chi connectivity index (χ0n) is 13.9. The Bertz CT molecular complexity index is 517. The van der Waals surface area contributed by atoms with Crippen LogP contribution in [-0.2, 0) is 9.53 Å². The molecule has 1 aromatic carbocycles. The molecule has 0 aliphatic carbocycles. The first-order valence-electron chi connectivity index (χ1n) is 7.80. The summed E-state index contributed by atoms with van der Waals surface area (Å²) in [7, 11) is 1.63. The number of carbonyl (C=O) groups excluding carboxylic acids is 3. The normalized spacial score (nSPS) is 19.4. The molecule has 4 N–H and O–H groups in total. The van der Waals surface area contributed by atoms with Gasteiger partial charge in [-0.2, -0.15) is 0 Å². The van der Waals surface area contributed by atoms with Crippen LogP contribution in [-0.4, -0.2) is 62.3 Å². The van der Waals surface area contributed by atoms with Crippen molar-refractivity contribution in [1.82, 2.24) is 4.90 Å². The van der Waals surface area contributed by atoms with Gasteiger partial charge in [0, 0.05) is 56.4 Å². The van der Waals surface area contributed by atoms with Crippen molar-refractivity contribution in [2.24, 2.45) is 11.5 Å². The molecule has 2 atom stereocenters. The highest BCUT2D eigenvalue weighted by Crippen LogP contribution is 2.08. The smallest absolute Gasteiger partial charge is 0.222 e. The Balaban J connectivity index is 0.000000254. The number of rotatable bonds is 6. The van der Waals surface area contributed by atoms with Crippen molar-refractivity contribution in [1.29, 1.82) is 0 Å². The average molecular weight is 335 g/mol. The molecule has 132 valence electrons. The van der Waals surface area contributed by atoms with Gasteiger partial charge >= 0.3 is 0 Å². The molecule has 24 heavy (non-hydrogen) atoms. The van der Waals surface area contributed by atoms with Crippen molar-refractivity contribution in [2.45, 2.75) is 24.9 Å². The van der Waals surface area contributed by atoms with E-state index in [1.807, 2.05) is 0 Å². The lowest BCUT2D eigenvalue weighted by Gasteiger charge is -2.15. The predicted molar refractivity (Wildman–Crippen MR) is 90.9 cm³/mol. The summed E-state index contributed by atoms with van der Waals surface area (Å²) in [6.07, 6.45) is 2.71. The second kappa shape index (κ2) is 10.6. The van der Waals surface area contributed by atoms with Gasteiger partial charge in [0.05, 0.1) is 0 Å². The molecule has 1 amide bonds. The minimum Gasteiger partial charge on any atom is -0.385 e. The number of amides is 1. The van der Waals surface area contributed by atoms with Crippen LogP contribution in [0, 0.1) is 0 Å². The number of ether oxygens (including phenoxy) is 1. The van der Waals surface area contributed by atoms with Crippen LogP contribution >= 0.6 is 0 Å². The van der Waals surface area contributed by atoms with Crippen molar-refractivity contribution in [3.8, 4) is 0 Å². The summed E-state index contributed by atoms with van der Waals surface area (Å²) in [5.41, 5.74) is 12.5. The fourth-order valence-electron chi connectivity index (χ4n) is 2.29. The highest BCUT2D eigenvalue weighted by molar-refractivity contribution is 5.81. The fraction of sp³-hybridized carbons (Fsp3) is 0.471. The van der Waals surface area contributed by atoms with Crippen LogP contribution in [0.2, 0.25) is 0 Å². The predicted octanol–water partition coefficient (Wildman–Crippen LogP) is 0.221. The third-order valence-corrected chi connectivity index (χ3v) is 3.69.